The van der Waals surface area contributed by atoms with Crippen LogP contribution in [0.25, 0.3) is 0 Å². The van der Waals surface area contributed by atoms with Crippen LogP contribution < -0.4 is 9.64 Å². The van der Waals surface area contributed by atoms with Gasteiger partial charge in [0, 0.05) is 37.1 Å². The first kappa shape index (κ1) is 16.4. The van der Waals surface area contributed by atoms with Gasteiger partial charge < -0.3 is 9.64 Å². The molecule has 25 heavy (non-hydrogen) atoms. The number of ether oxygens (including phenoxy) is 1. The summed E-state index contributed by atoms with van der Waals surface area (Å²) >= 11 is 6.23. The number of likely N-dealkylation sites (tertiary alicyclic amines) is 1. The first-order valence-electron chi connectivity index (χ1n) is 8.37. The maximum Gasteiger partial charge on any atom is 0.244 e. The van der Waals surface area contributed by atoms with Crippen molar-refractivity contribution in [3.05, 3.63) is 40.7 Å². The van der Waals surface area contributed by atoms with Crippen molar-refractivity contribution in [3.63, 3.8) is 0 Å². The van der Waals surface area contributed by atoms with Crippen molar-refractivity contribution in [2.75, 3.05) is 18.6 Å². The van der Waals surface area contributed by atoms with E-state index in [1.54, 1.807) is 7.11 Å². The molecular weight excluding hydrogens is 340 g/mol. The van der Waals surface area contributed by atoms with Crippen molar-refractivity contribution < 1.29 is 9.53 Å². The second-order valence-corrected chi connectivity index (χ2v) is 7.15. The van der Waals surface area contributed by atoms with Crippen LogP contribution in [-0.4, -0.2) is 46.3 Å². The number of aryl methyl sites for hydroxylation is 1. The fourth-order valence-electron chi connectivity index (χ4n) is 3.90. The van der Waals surface area contributed by atoms with Gasteiger partial charge in [0.15, 0.2) is 0 Å². The van der Waals surface area contributed by atoms with Gasteiger partial charge in [-0.05, 0) is 31.5 Å². The second-order valence-electron chi connectivity index (χ2n) is 6.74. The van der Waals surface area contributed by atoms with Crippen molar-refractivity contribution in [2.45, 2.75) is 32.0 Å². The van der Waals surface area contributed by atoms with Crippen LogP contribution in [0, 0.1) is 6.92 Å². The van der Waals surface area contributed by atoms with Crippen LogP contribution in [-0.2, 0) is 18.4 Å². The number of carbonyl (C=O) groups excluding carboxylic acids is 1. The van der Waals surface area contributed by atoms with E-state index in [-0.39, 0.29) is 18.0 Å². The quantitative estimate of drug-likeness (QED) is 0.840. The number of methoxy groups -OCH3 is 1. The number of piperazine rings is 1. The zero-order chi connectivity index (χ0) is 17.7. The Hall–Kier alpha value is -2.05. The van der Waals surface area contributed by atoms with E-state index in [9.17, 15) is 4.79 Å². The lowest BCUT2D eigenvalue weighted by Crippen LogP contribution is -2.50. The van der Waals surface area contributed by atoms with Crippen LogP contribution >= 0.6 is 11.6 Å². The molecule has 2 fully saturated rings. The molecule has 0 spiro atoms. The van der Waals surface area contributed by atoms with Crippen molar-refractivity contribution in [2.24, 2.45) is 7.05 Å². The van der Waals surface area contributed by atoms with Crippen molar-refractivity contribution in [1.29, 1.82) is 0 Å². The fourth-order valence-corrected chi connectivity index (χ4v) is 4.15. The van der Waals surface area contributed by atoms with E-state index in [0.29, 0.717) is 10.8 Å². The third kappa shape index (κ3) is 2.60. The average molecular weight is 361 g/mol. The molecule has 0 aliphatic carbocycles. The number of hydrogen-bond donors (Lipinski definition) is 0. The van der Waals surface area contributed by atoms with E-state index >= 15 is 0 Å². The van der Waals surface area contributed by atoms with E-state index in [4.69, 9.17) is 16.3 Å². The summed E-state index contributed by atoms with van der Waals surface area (Å²) in [6.45, 7) is 3.70. The molecule has 2 aliphatic heterocycles. The van der Waals surface area contributed by atoms with Gasteiger partial charge in [0.05, 0.1) is 30.4 Å². The number of fused-ring (bicyclic) bond motifs is 2. The van der Waals surface area contributed by atoms with E-state index in [0.717, 1.165) is 30.9 Å². The number of hydrogen-bond acceptors (Lipinski definition) is 4. The Morgan fingerprint density at radius 2 is 2.20 bits per heavy atom. The number of anilines is 1. The van der Waals surface area contributed by atoms with Crippen molar-refractivity contribution in [3.8, 4) is 5.75 Å². The molecule has 1 aromatic heterocycles. The zero-order valence-electron chi connectivity index (χ0n) is 14.6. The zero-order valence-corrected chi connectivity index (χ0v) is 15.3. The van der Waals surface area contributed by atoms with Crippen LogP contribution in [0.2, 0.25) is 5.02 Å². The highest BCUT2D eigenvalue weighted by atomic mass is 35.5. The first-order chi connectivity index (χ1) is 12.0. The largest absolute Gasteiger partial charge is 0.495 e. The number of benzene rings is 1. The predicted octanol–water partition coefficient (Wildman–Crippen LogP) is 2.38. The highest BCUT2D eigenvalue weighted by Crippen LogP contribution is 2.38. The smallest absolute Gasteiger partial charge is 0.244 e. The average Bonchev–Trinajstić information content (AvgIpc) is 3.23. The highest BCUT2D eigenvalue weighted by Gasteiger charge is 2.50. The Kier molecular flexibility index (Phi) is 3.96. The Bertz CT molecular complexity index is 834. The second kappa shape index (κ2) is 6.04. The molecule has 2 aliphatic rings. The molecule has 2 atom stereocenters. The molecule has 1 aromatic carbocycles. The maximum absolute atomic E-state index is 12.9. The van der Waals surface area contributed by atoms with Crippen molar-refractivity contribution in [1.82, 2.24) is 14.7 Å². The highest BCUT2D eigenvalue weighted by molar-refractivity contribution is 6.32. The number of nitrogens with zero attached hydrogens (tertiary/aromatic N) is 4. The summed E-state index contributed by atoms with van der Waals surface area (Å²) in [7, 11) is 3.53. The Morgan fingerprint density at radius 1 is 1.40 bits per heavy atom. The van der Waals surface area contributed by atoms with E-state index < -0.39 is 0 Å². The maximum atomic E-state index is 12.9. The molecule has 0 saturated carbocycles. The fraction of sp³-hybridized carbons (Fsp3) is 0.444. The number of rotatable bonds is 4. The number of aromatic nitrogens is 2. The van der Waals surface area contributed by atoms with Gasteiger partial charge in [0.25, 0.3) is 0 Å². The van der Waals surface area contributed by atoms with Crippen LogP contribution in [0.3, 0.4) is 0 Å². The SMILES string of the molecule is COc1ccc(N2C(=O)[C@@H]3C[C@H]2CN3Cc2cnn(C)c2C)cc1Cl. The molecule has 2 bridgehead atoms. The lowest BCUT2D eigenvalue weighted by atomic mass is 10.2. The molecule has 1 amide bonds. The van der Waals surface area contributed by atoms with Gasteiger partial charge in [-0.1, -0.05) is 11.6 Å². The third-order valence-electron chi connectivity index (χ3n) is 5.39. The Labute approximate surface area is 151 Å². The lowest BCUT2D eigenvalue weighted by molar-refractivity contribution is -0.122. The van der Waals surface area contributed by atoms with Gasteiger partial charge in [-0.25, -0.2) is 0 Å². The molecule has 6 nitrogen and oxygen atoms in total. The Balaban J connectivity index is 1.53. The van der Waals surface area contributed by atoms with E-state index in [2.05, 4.69) is 16.9 Å². The molecule has 4 rings (SSSR count). The molecular formula is C18H21ClN4O2. The molecule has 2 aromatic rings. The summed E-state index contributed by atoms with van der Waals surface area (Å²) in [5.41, 5.74) is 3.18. The van der Waals surface area contributed by atoms with Crippen LogP contribution in [0.5, 0.6) is 5.75 Å². The molecule has 3 heterocycles. The van der Waals surface area contributed by atoms with Gasteiger partial charge in [-0.2, -0.15) is 5.10 Å². The summed E-state index contributed by atoms with van der Waals surface area (Å²) in [5.74, 6) is 0.773. The first-order valence-corrected chi connectivity index (χ1v) is 8.75. The summed E-state index contributed by atoms with van der Waals surface area (Å²) in [4.78, 5) is 17.1. The minimum atomic E-state index is -0.0644. The Morgan fingerprint density at radius 3 is 2.80 bits per heavy atom. The normalized spacial score (nSPS) is 22.9. The molecule has 7 heteroatoms. The van der Waals surface area contributed by atoms with Gasteiger partial charge in [-0.3, -0.25) is 14.4 Å². The minimum Gasteiger partial charge on any atom is -0.495 e. The number of carbonyl (C=O) groups is 1. The molecule has 0 radical (unpaired) electrons. The minimum absolute atomic E-state index is 0.0644. The van der Waals surface area contributed by atoms with Crippen molar-refractivity contribution >= 4 is 23.2 Å². The summed E-state index contributed by atoms with van der Waals surface area (Å²) in [5, 5.41) is 4.82. The summed E-state index contributed by atoms with van der Waals surface area (Å²) in [6.07, 6.45) is 2.76. The molecule has 132 valence electrons. The van der Waals surface area contributed by atoms with E-state index in [1.807, 2.05) is 41.0 Å². The van der Waals surface area contributed by atoms with Gasteiger partial charge in [0.1, 0.15) is 5.75 Å². The molecule has 0 unspecified atom stereocenters. The number of halogens is 1. The third-order valence-corrected chi connectivity index (χ3v) is 5.69. The summed E-state index contributed by atoms with van der Waals surface area (Å²) in [6, 6.07) is 5.66. The van der Waals surface area contributed by atoms with Crippen LogP contribution in [0.1, 0.15) is 17.7 Å². The lowest BCUT2D eigenvalue weighted by Gasteiger charge is -2.34. The molecule has 0 N–H and O–H groups in total. The van der Waals surface area contributed by atoms with Gasteiger partial charge in [-0.15, -0.1) is 0 Å². The monoisotopic (exact) mass is 360 g/mol. The topological polar surface area (TPSA) is 50.6 Å². The molecule has 2 saturated heterocycles. The van der Waals surface area contributed by atoms with Gasteiger partial charge >= 0.3 is 0 Å². The van der Waals surface area contributed by atoms with E-state index in [1.165, 1.54) is 5.56 Å². The van der Waals surface area contributed by atoms with Gasteiger partial charge in [0.2, 0.25) is 5.91 Å². The summed E-state index contributed by atoms with van der Waals surface area (Å²) < 4.78 is 7.07. The predicted molar refractivity (Wildman–Crippen MR) is 96.0 cm³/mol. The standard InChI is InChI=1S/C18H21ClN4O2/c1-11-12(8-20-21(11)2)9-22-10-14-7-16(22)18(24)23(14)13-4-5-17(25-3)15(19)6-13/h4-6,8,14,16H,7,9-10H2,1-3H3/t14-,16-/m0/s1. The van der Waals surface area contributed by atoms with Crippen LogP contribution in [0.15, 0.2) is 24.4 Å². The number of amides is 1. The van der Waals surface area contributed by atoms with Crippen LogP contribution in [0.4, 0.5) is 5.69 Å².